The summed E-state index contributed by atoms with van der Waals surface area (Å²) in [5, 5.41) is 4.45. The summed E-state index contributed by atoms with van der Waals surface area (Å²) in [4.78, 5) is 2.41. The van der Waals surface area contributed by atoms with Crippen LogP contribution in [0.4, 0.5) is 17.1 Å². The fourth-order valence-electron chi connectivity index (χ4n) is 7.90. The number of furan rings is 1. The molecule has 9 aromatic carbocycles. The van der Waals surface area contributed by atoms with Crippen LogP contribution >= 0.6 is 0 Å². The van der Waals surface area contributed by atoms with Crippen molar-refractivity contribution in [3.8, 4) is 44.5 Å². The van der Waals surface area contributed by atoms with E-state index in [1.54, 1.807) is 0 Å². The van der Waals surface area contributed by atoms with Gasteiger partial charge in [0.15, 0.2) is 0 Å². The first-order valence-corrected chi connectivity index (χ1v) is 18.4. The Labute approximate surface area is 314 Å². The Morgan fingerprint density at radius 2 is 0.796 bits per heavy atom. The highest BCUT2D eigenvalue weighted by Gasteiger charge is 2.23. The lowest BCUT2D eigenvalue weighted by atomic mass is 9.94. The van der Waals surface area contributed by atoms with Gasteiger partial charge in [0.2, 0.25) is 0 Å². The molecular formula is C52H35NO. The van der Waals surface area contributed by atoms with E-state index in [1.165, 1.54) is 38.8 Å². The third-order valence-corrected chi connectivity index (χ3v) is 10.5. The molecule has 0 fully saturated rings. The number of nitrogens with zero attached hydrogens (tertiary/aromatic N) is 1. The SMILES string of the molecule is c1ccc(-c2ccc(-c3ccccc3N(c3ccc(-c4ccccc4)cc3)c3cccc4oc5c6ccccc6c(-c6ccccc6)cc5c34)cc2)cc1. The normalized spacial score (nSPS) is 11.3. The Bertz CT molecular complexity index is 2890. The van der Waals surface area contributed by atoms with Crippen molar-refractivity contribution in [2.24, 2.45) is 0 Å². The van der Waals surface area contributed by atoms with Gasteiger partial charge in [0.05, 0.1) is 16.8 Å². The fourth-order valence-corrected chi connectivity index (χ4v) is 7.90. The third kappa shape index (κ3) is 5.53. The molecule has 0 N–H and O–H groups in total. The average molecular weight is 690 g/mol. The monoisotopic (exact) mass is 689 g/mol. The molecule has 0 saturated carbocycles. The van der Waals surface area contributed by atoms with Crippen molar-refractivity contribution >= 4 is 49.8 Å². The van der Waals surface area contributed by atoms with Crippen molar-refractivity contribution in [1.29, 1.82) is 0 Å². The van der Waals surface area contributed by atoms with E-state index in [9.17, 15) is 0 Å². The summed E-state index contributed by atoms with van der Waals surface area (Å²) in [6, 6.07) is 75.7. The molecule has 1 heterocycles. The molecule has 0 atom stereocenters. The van der Waals surface area contributed by atoms with E-state index >= 15 is 0 Å². The van der Waals surface area contributed by atoms with Crippen LogP contribution in [0.5, 0.6) is 0 Å². The van der Waals surface area contributed by atoms with Gasteiger partial charge in [0.25, 0.3) is 0 Å². The highest BCUT2D eigenvalue weighted by molar-refractivity contribution is 6.22. The number of para-hydroxylation sites is 1. The van der Waals surface area contributed by atoms with Crippen LogP contribution < -0.4 is 4.90 Å². The molecule has 2 nitrogen and oxygen atoms in total. The average Bonchev–Trinajstić information content (AvgIpc) is 3.65. The van der Waals surface area contributed by atoms with Crippen LogP contribution in [0.2, 0.25) is 0 Å². The van der Waals surface area contributed by atoms with E-state index in [2.05, 4.69) is 217 Å². The Morgan fingerprint density at radius 1 is 0.315 bits per heavy atom. The first kappa shape index (κ1) is 31.6. The third-order valence-electron chi connectivity index (χ3n) is 10.5. The van der Waals surface area contributed by atoms with Gasteiger partial charge >= 0.3 is 0 Å². The van der Waals surface area contributed by atoms with Gasteiger partial charge in [-0.2, -0.15) is 0 Å². The van der Waals surface area contributed by atoms with Gasteiger partial charge < -0.3 is 9.32 Å². The van der Waals surface area contributed by atoms with E-state index in [0.29, 0.717) is 0 Å². The summed E-state index contributed by atoms with van der Waals surface area (Å²) >= 11 is 0. The topological polar surface area (TPSA) is 16.4 Å². The van der Waals surface area contributed by atoms with Gasteiger partial charge in [-0.1, -0.05) is 176 Å². The molecule has 0 aliphatic heterocycles. The van der Waals surface area contributed by atoms with Gasteiger partial charge in [-0.25, -0.2) is 0 Å². The molecule has 54 heavy (non-hydrogen) atoms. The zero-order valence-electron chi connectivity index (χ0n) is 29.6. The number of benzene rings is 9. The number of fused-ring (bicyclic) bond motifs is 5. The minimum atomic E-state index is 0.855. The van der Waals surface area contributed by atoms with Crippen LogP contribution in [-0.2, 0) is 0 Å². The van der Waals surface area contributed by atoms with Crippen LogP contribution in [0.25, 0.3) is 77.2 Å². The summed E-state index contributed by atoms with van der Waals surface area (Å²) in [6.45, 7) is 0. The number of hydrogen-bond acceptors (Lipinski definition) is 2. The highest BCUT2D eigenvalue weighted by Crippen LogP contribution is 2.48. The van der Waals surface area contributed by atoms with Crippen molar-refractivity contribution in [3.63, 3.8) is 0 Å². The van der Waals surface area contributed by atoms with E-state index in [-0.39, 0.29) is 0 Å². The van der Waals surface area contributed by atoms with E-state index in [1.807, 2.05) is 0 Å². The lowest BCUT2D eigenvalue weighted by Crippen LogP contribution is -2.11. The molecule has 0 aliphatic carbocycles. The minimum Gasteiger partial charge on any atom is -0.455 e. The Balaban J connectivity index is 1.22. The molecule has 0 unspecified atom stereocenters. The molecule has 0 radical (unpaired) electrons. The molecule has 0 aliphatic rings. The molecule has 0 amide bonds. The smallest absolute Gasteiger partial charge is 0.143 e. The zero-order valence-corrected chi connectivity index (χ0v) is 29.6. The molecule has 2 heteroatoms. The maximum atomic E-state index is 6.84. The standard InChI is InChI=1S/C52H35NO/c1-4-15-36(16-5-1)38-27-29-41(30-28-38)43-21-12-13-24-48(43)53(42-33-31-39(32-34-42)37-17-6-2-7-18-37)49-25-14-26-50-51(49)47-35-46(40-19-8-3-9-20-40)44-22-10-11-23-45(44)52(47)54-50/h1-35H. The van der Waals surface area contributed by atoms with Gasteiger partial charge in [-0.3, -0.25) is 0 Å². The van der Waals surface area contributed by atoms with Crippen molar-refractivity contribution in [3.05, 3.63) is 212 Å². The predicted molar refractivity (Wildman–Crippen MR) is 228 cm³/mol. The molecule has 1 aromatic heterocycles. The molecule has 254 valence electrons. The van der Waals surface area contributed by atoms with E-state index < -0.39 is 0 Å². The molecule has 0 bridgehead atoms. The summed E-state index contributed by atoms with van der Waals surface area (Å²) in [7, 11) is 0. The fraction of sp³-hybridized carbons (Fsp3) is 0. The second kappa shape index (κ2) is 13.4. The first-order chi connectivity index (χ1) is 26.8. The largest absolute Gasteiger partial charge is 0.455 e. The van der Waals surface area contributed by atoms with Gasteiger partial charge in [0, 0.05) is 22.0 Å². The number of hydrogen-bond donors (Lipinski definition) is 0. The molecule has 10 rings (SSSR count). The molecule has 0 spiro atoms. The first-order valence-electron chi connectivity index (χ1n) is 18.4. The van der Waals surface area contributed by atoms with Gasteiger partial charge in [0.1, 0.15) is 11.2 Å². The van der Waals surface area contributed by atoms with Crippen LogP contribution in [0.15, 0.2) is 217 Å². The summed E-state index contributed by atoms with van der Waals surface area (Å²) < 4.78 is 6.84. The van der Waals surface area contributed by atoms with Crippen LogP contribution in [-0.4, -0.2) is 0 Å². The van der Waals surface area contributed by atoms with Crippen molar-refractivity contribution < 1.29 is 4.42 Å². The van der Waals surface area contributed by atoms with Crippen molar-refractivity contribution in [2.75, 3.05) is 4.90 Å². The molecule has 0 saturated heterocycles. The zero-order chi connectivity index (χ0) is 35.8. The highest BCUT2D eigenvalue weighted by atomic mass is 16.3. The Kier molecular flexibility index (Phi) is 7.85. The van der Waals surface area contributed by atoms with Gasteiger partial charge in [-0.15, -0.1) is 0 Å². The van der Waals surface area contributed by atoms with Crippen LogP contribution in [0, 0.1) is 0 Å². The predicted octanol–water partition coefficient (Wildman–Crippen LogP) is 14.9. The lowest BCUT2D eigenvalue weighted by molar-refractivity contribution is 0.672. The summed E-state index contributed by atoms with van der Waals surface area (Å²) in [5.41, 5.74) is 14.4. The summed E-state index contributed by atoms with van der Waals surface area (Å²) in [5.74, 6) is 0. The van der Waals surface area contributed by atoms with Crippen molar-refractivity contribution in [1.82, 2.24) is 0 Å². The maximum Gasteiger partial charge on any atom is 0.143 e. The summed E-state index contributed by atoms with van der Waals surface area (Å²) in [6.07, 6.45) is 0. The van der Waals surface area contributed by atoms with Crippen molar-refractivity contribution in [2.45, 2.75) is 0 Å². The van der Waals surface area contributed by atoms with Crippen LogP contribution in [0.1, 0.15) is 0 Å². The Hall–Kier alpha value is -7.16. The second-order valence-electron chi connectivity index (χ2n) is 13.7. The molecule has 10 aromatic rings. The maximum absolute atomic E-state index is 6.84. The van der Waals surface area contributed by atoms with Gasteiger partial charge in [-0.05, 0) is 80.7 Å². The molecular weight excluding hydrogens is 655 g/mol. The van der Waals surface area contributed by atoms with Crippen LogP contribution in [0.3, 0.4) is 0 Å². The quantitative estimate of drug-likeness (QED) is 0.166. The number of anilines is 3. The second-order valence-corrected chi connectivity index (χ2v) is 13.7. The Morgan fingerprint density at radius 3 is 1.46 bits per heavy atom. The minimum absolute atomic E-state index is 0.855. The van der Waals surface area contributed by atoms with E-state index in [0.717, 1.165) is 55.5 Å². The van der Waals surface area contributed by atoms with E-state index in [4.69, 9.17) is 4.42 Å². The lowest BCUT2D eigenvalue weighted by Gasteiger charge is -2.28. The number of rotatable bonds is 7.